The van der Waals surface area contributed by atoms with Gasteiger partial charge in [0.1, 0.15) is 0 Å². The van der Waals surface area contributed by atoms with E-state index in [1.807, 2.05) is 0 Å². The summed E-state index contributed by atoms with van der Waals surface area (Å²) >= 11 is 0. The lowest BCUT2D eigenvalue weighted by atomic mass is 10.6. The van der Waals surface area contributed by atoms with E-state index >= 15 is 0 Å². The second kappa shape index (κ2) is 12.7. The fourth-order valence-electron chi connectivity index (χ4n) is 0.951. The molecule has 0 aromatic heterocycles. The first-order valence-corrected chi connectivity index (χ1v) is 5.79. The lowest BCUT2D eigenvalue weighted by Crippen LogP contribution is -2.24. The maximum absolute atomic E-state index is 12.9. The van der Waals surface area contributed by atoms with Gasteiger partial charge in [-0.25, -0.2) is 9.18 Å². The third-order valence-electron chi connectivity index (χ3n) is 1.77. The van der Waals surface area contributed by atoms with Crippen LogP contribution in [0.3, 0.4) is 0 Å². The maximum Gasteiger partial charge on any atom is 0.368 e. The number of esters is 1. The summed E-state index contributed by atoms with van der Waals surface area (Å²) in [4.78, 5) is 10.8. The van der Waals surface area contributed by atoms with E-state index in [9.17, 15) is 9.18 Å². The minimum atomic E-state index is -2.05. The molecule has 0 aliphatic rings. The predicted molar refractivity (Wildman–Crippen MR) is 61.0 cm³/mol. The molecule has 0 fully saturated rings. The molecule has 7 heteroatoms. The molecule has 0 aromatic carbocycles. The normalized spacial score (nSPS) is 12.4. The van der Waals surface area contributed by atoms with Crippen LogP contribution in [0.15, 0.2) is 0 Å². The van der Waals surface area contributed by atoms with Gasteiger partial charge in [0, 0.05) is 7.11 Å². The molecule has 0 heterocycles. The average molecular weight is 268 g/mol. The third-order valence-corrected chi connectivity index (χ3v) is 1.77. The molecular weight excluding hydrogens is 247 g/mol. The number of halogens is 1. The molecule has 6 nitrogen and oxygen atoms in total. The number of carbonyl (C=O) groups is 1. The van der Waals surface area contributed by atoms with Crippen molar-refractivity contribution in [3.63, 3.8) is 0 Å². The Balaban J connectivity index is 3.22. The molecule has 0 aliphatic carbocycles. The first-order chi connectivity index (χ1) is 8.72. The zero-order valence-electron chi connectivity index (χ0n) is 10.9. The van der Waals surface area contributed by atoms with Crippen molar-refractivity contribution in [1.82, 2.24) is 0 Å². The van der Waals surface area contributed by atoms with Crippen LogP contribution in [0.4, 0.5) is 4.39 Å². The average Bonchev–Trinajstić information content (AvgIpc) is 2.36. The summed E-state index contributed by atoms with van der Waals surface area (Å²) in [6, 6.07) is 0. The Morgan fingerprint density at radius 3 is 2.17 bits per heavy atom. The highest BCUT2D eigenvalue weighted by molar-refractivity contribution is 5.72. The van der Waals surface area contributed by atoms with Crippen molar-refractivity contribution >= 4 is 5.97 Å². The van der Waals surface area contributed by atoms with Crippen molar-refractivity contribution in [2.24, 2.45) is 0 Å². The first-order valence-electron chi connectivity index (χ1n) is 5.79. The van der Waals surface area contributed by atoms with E-state index in [2.05, 4.69) is 9.47 Å². The SMILES string of the molecule is CCOC(=O)C(F)OCCOCCOCCOC. The molecule has 18 heavy (non-hydrogen) atoms. The molecule has 0 aliphatic heterocycles. The van der Waals surface area contributed by atoms with Gasteiger partial charge in [0.15, 0.2) is 0 Å². The molecule has 0 rings (SSSR count). The summed E-state index contributed by atoms with van der Waals surface area (Å²) < 4.78 is 36.9. The molecule has 0 N–H and O–H groups in total. The van der Waals surface area contributed by atoms with Crippen molar-refractivity contribution in [3.05, 3.63) is 0 Å². The second-order valence-electron chi connectivity index (χ2n) is 3.16. The zero-order valence-corrected chi connectivity index (χ0v) is 10.9. The van der Waals surface area contributed by atoms with Crippen LogP contribution in [-0.4, -0.2) is 65.7 Å². The monoisotopic (exact) mass is 268 g/mol. The molecule has 0 aromatic rings. The number of alkyl halides is 1. The summed E-state index contributed by atoms with van der Waals surface area (Å²) in [5.74, 6) is -1.01. The molecule has 1 atom stereocenters. The first kappa shape index (κ1) is 17.2. The van der Waals surface area contributed by atoms with Gasteiger partial charge in [0.2, 0.25) is 0 Å². The van der Waals surface area contributed by atoms with Gasteiger partial charge < -0.3 is 23.7 Å². The Morgan fingerprint density at radius 1 is 1.06 bits per heavy atom. The molecule has 0 amide bonds. The van der Waals surface area contributed by atoms with Crippen molar-refractivity contribution in [1.29, 1.82) is 0 Å². The van der Waals surface area contributed by atoms with Gasteiger partial charge in [-0.15, -0.1) is 0 Å². The summed E-state index contributed by atoms with van der Waals surface area (Å²) in [6.45, 7) is 3.74. The van der Waals surface area contributed by atoms with Gasteiger partial charge in [0.25, 0.3) is 6.36 Å². The van der Waals surface area contributed by atoms with Gasteiger partial charge in [-0.2, -0.15) is 0 Å². The zero-order chi connectivity index (χ0) is 13.6. The highest BCUT2D eigenvalue weighted by Crippen LogP contribution is 1.97. The van der Waals surface area contributed by atoms with Gasteiger partial charge >= 0.3 is 5.97 Å². The molecule has 0 radical (unpaired) electrons. The smallest absolute Gasteiger partial charge is 0.368 e. The van der Waals surface area contributed by atoms with Gasteiger partial charge in [-0.1, -0.05) is 0 Å². The Kier molecular flexibility index (Phi) is 12.2. The van der Waals surface area contributed by atoms with Crippen LogP contribution in [0.1, 0.15) is 6.92 Å². The molecule has 0 saturated heterocycles. The number of ether oxygens (including phenoxy) is 5. The third kappa shape index (κ3) is 10.4. The minimum Gasteiger partial charge on any atom is -0.462 e. The van der Waals surface area contributed by atoms with E-state index in [1.54, 1.807) is 14.0 Å². The van der Waals surface area contributed by atoms with Crippen LogP contribution in [0, 0.1) is 0 Å². The van der Waals surface area contributed by atoms with Gasteiger partial charge in [-0.05, 0) is 6.92 Å². The largest absolute Gasteiger partial charge is 0.462 e. The van der Waals surface area contributed by atoms with Crippen LogP contribution < -0.4 is 0 Å². The van der Waals surface area contributed by atoms with Gasteiger partial charge in [0.05, 0.1) is 46.2 Å². The Hall–Kier alpha value is -0.760. The molecule has 0 saturated carbocycles. The van der Waals surface area contributed by atoms with Crippen LogP contribution >= 0.6 is 0 Å². The topological polar surface area (TPSA) is 63.2 Å². The Bertz CT molecular complexity index is 202. The fourth-order valence-corrected chi connectivity index (χ4v) is 0.951. The number of hydrogen-bond donors (Lipinski definition) is 0. The summed E-state index contributed by atoms with van der Waals surface area (Å²) in [6.07, 6.45) is -2.05. The van der Waals surface area contributed by atoms with Crippen LogP contribution in [0.5, 0.6) is 0 Å². The predicted octanol–water partition coefficient (Wildman–Crippen LogP) is 0.541. The molecule has 0 bridgehead atoms. The molecule has 108 valence electrons. The highest BCUT2D eigenvalue weighted by atomic mass is 19.1. The number of hydrogen-bond acceptors (Lipinski definition) is 6. The van der Waals surface area contributed by atoms with E-state index in [4.69, 9.17) is 14.2 Å². The fraction of sp³-hybridized carbons (Fsp3) is 0.909. The van der Waals surface area contributed by atoms with Gasteiger partial charge in [-0.3, -0.25) is 0 Å². The Labute approximate surface area is 106 Å². The maximum atomic E-state index is 12.9. The quantitative estimate of drug-likeness (QED) is 0.380. The van der Waals surface area contributed by atoms with Crippen LogP contribution in [0.25, 0.3) is 0 Å². The molecule has 0 spiro atoms. The summed E-state index contributed by atoms with van der Waals surface area (Å²) in [5.41, 5.74) is 0. The molecular formula is C11H21FO6. The van der Waals surface area contributed by atoms with Crippen molar-refractivity contribution in [2.75, 3.05) is 53.4 Å². The standard InChI is InChI=1S/C11H21FO6/c1-3-17-11(13)10(12)18-9-8-16-7-6-15-5-4-14-2/h10H,3-9H2,1-2H3. The molecule has 1 unspecified atom stereocenters. The number of methoxy groups -OCH3 is 1. The van der Waals surface area contributed by atoms with Crippen molar-refractivity contribution < 1.29 is 32.9 Å². The van der Waals surface area contributed by atoms with Crippen LogP contribution in [-0.2, 0) is 28.5 Å². The van der Waals surface area contributed by atoms with E-state index in [0.717, 1.165) is 0 Å². The Morgan fingerprint density at radius 2 is 1.61 bits per heavy atom. The lowest BCUT2D eigenvalue weighted by molar-refractivity contribution is -0.171. The minimum absolute atomic E-state index is 0.0158. The van der Waals surface area contributed by atoms with E-state index in [1.165, 1.54) is 0 Å². The van der Waals surface area contributed by atoms with E-state index in [0.29, 0.717) is 26.4 Å². The number of rotatable bonds is 12. The summed E-state index contributed by atoms with van der Waals surface area (Å²) in [5, 5.41) is 0. The lowest BCUT2D eigenvalue weighted by Gasteiger charge is -2.09. The second-order valence-corrected chi connectivity index (χ2v) is 3.16. The van der Waals surface area contributed by atoms with Crippen molar-refractivity contribution in [3.8, 4) is 0 Å². The highest BCUT2D eigenvalue weighted by Gasteiger charge is 2.18. The van der Waals surface area contributed by atoms with E-state index in [-0.39, 0.29) is 19.8 Å². The number of carbonyl (C=O) groups excluding carboxylic acids is 1. The van der Waals surface area contributed by atoms with Crippen LogP contribution in [0.2, 0.25) is 0 Å². The van der Waals surface area contributed by atoms with Crippen molar-refractivity contribution in [2.45, 2.75) is 13.3 Å². The van der Waals surface area contributed by atoms with E-state index < -0.39 is 12.3 Å². The summed E-state index contributed by atoms with van der Waals surface area (Å²) in [7, 11) is 1.59.